The summed E-state index contributed by atoms with van der Waals surface area (Å²) in [6, 6.07) is 2.44. The van der Waals surface area contributed by atoms with Crippen LogP contribution in [0.4, 0.5) is 14.9 Å². The number of pyridine rings is 1. The van der Waals surface area contributed by atoms with Gasteiger partial charge in [0.1, 0.15) is 16.9 Å². The van der Waals surface area contributed by atoms with Crippen LogP contribution in [0.3, 0.4) is 0 Å². The molecule has 0 spiro atoms. The molecule has 2 aliphatic rings. The minimum absolute atomic E-state index is 0.0599. The molecule has 1 saturated carbocycles. The first kappa shape index (κ1) is 25.8. The number of anilines is 1. The van der Waals surface area contributed by atoms with Gasteiger partial charge in [-0.05, 0) is 65.0 Å². The molecule has 36 heavy (non-hydrogen) atoms. The fourth-order valence-electron chi connectivity index (χ4n) is 4.87. The van der Waals surface area contributed by atoms with E-state index in [2.05, 4.69) is 5.32 Å². The van der Waals surface area contributed by atoms with Crippen molar-refractivity contribution >= 4 is 28.7 Å². The number of esters is 1. The van der Waals surface area contributed by atoms with Crippen LogP contribution in [0.15, 0.2) is 16.9 Å². The molecule has 1 aliphatic heterocycles. The van der Waals surface area contributed by atoms with Crippen molar-refractivity contribution in [2.45, 2.75) is 64.6 Å². The van der Waals surface area contributed by atoms with E-state index in [1.54, 1.807) is 25.3 Å². The van der Waals surface area contributed by atoms with Gasteiger partial charge in [-0.3, -0.25) is 4.79 Å². The van der Waals surface area contributed by atoms with Crippen molar-refractivity contribution in [1.82, 2.24) is 9.88 Å². The molecular weight excluding hydrogens is 469 g/mol. The molecule has 1 saturated heterocycles. The average molecular weight is 504 g/mol. The van der Waals surface area contributed by atoms with Crippen molar-refractivity contribution in [2.75, 3.05) is 32.2 Å². The van der Waals surface area contributed by atoms with Crippen molar-refractivity contribution in [3.05, 3.63) is 33.9 Å². The number of aromatic nitrogens is 1. The van der Waals surface area contributed by atoms with Crippen LogP contribution >= 0.6 is 0 Å². The Balaban J connectivity index is 1.70. The fourth-order valence-corrected chi connectivity index (χ4v) is 4.87. The normalized spacial score (nSPS) is 18.8. The number of nitrogens with zero attached hydrogens (tertiary/aromatic N) is 2. The number of alkyl carbamates (subject to hydrolysis) is 1. The Morgan fingerprint density at radius 2 is 1.86 bits per heavy atom. The first-order valence-electron chi connectivity index (χ1n) is 12.2. The Morgan fingerprint density at radius 1 is 1.17 bits per heavy atom. The van der Waals surface area contributed by atoms with E-state index in [4.69, 9.17) is 14.2 Å². The SMILES string of the molecule is COC(=O)c1cc2cc(F)c(N3CCC([C@H](C)NC(=O)OC(C)(C)C)C3)c(OC)c2n(C2CC2)c1=O. The highest BCUT2D eigenvalue weighted by Gasteiger charge is 2.35. The zero-order valence-corrected chi connectivity index (χ0v) is 21.6. The minimum atomic E-state index is -0.756. The number of hydrogen-bond acceptors (Lipinski definition) is 7. The van der Waals surface area contributed by atoms with Crippen LogP contribution in [0.25, 0.3) is 10.9 Å². The molecule has 1 aromatic heterocycles. The molecule has 1 amide bonds. The molecule has 0 bridgehead atoms. The summed E-state index contributed by atoms with van der Waals surface area (Å²) < 4.78 is 33.0. The summed E-state index contributed by atoms with van der Waals surface area (Å²) in [6.07, 6.45) is 1.82. The Morgan fingerprint density at radius 3 is 2.44 bits per heavy atom. The number of hydrogen-bond donors (Lipinski definition) is 1. The number of carbonyl (C=O) groups excluding carboxylic acids is 2. The molecule has 2 atom stereocenters. The third kappa shape index (κ3) is 4.99. The van der Waals surface area contributed by atoms with Gasteiger partial charge in [0.25, 0.3) is 5.56 Å². The van der Waals surface area contributed by atoms with E-state index >= 15 is 4.39 Å². The smallest absolute Gasteiger partial charge is 0.407 e. The Hall–Kier alpha value is -3.30. The highest BCUT2D eigenvalue weighted by molar-refractivity contribution is 5.97. The second-order valence-electron chi connectivity index (χ2n) is 10.6. The second kappa shape index (κ2) is 9.63. The molecule has 10 heteroatoms. The highest BCUT2D eigenvalue weighted by Crippen LogP contribution is 2.44. The van der Waals surface area contributed by atoms with Gasteiger partial charge in [0.2, 0.25) is 0 Å². The molecule has 1 unspecified atom stereocenters. The third-order valence-corrected chi connectivity index (χ3v) is 6.72. The molecular formula is C26H34FN3O6. The summed E-state index contributed by atoms with van der Waals surface area (Å²) in [5, 5.41) is 3.28. The lowest BCUT2D eigenvalue weighted by molar-refractivity contribution is 0.0493. The standard InChI is InChI=1S/C26H34FN3O6/c1-14(28-25(33)36-26(2,3)4)15-9-10-29(13-15)21-19(27)12-16-11-18(24(32)35-6)23(31)30(17-7-8-17)20(16)22(21)34-5/h11-12,14-15,17H,7-10,13H2,1-6H3,(H,28,33)/t14-,15?/m0/s1. The van der Waals surface area contributed by atoms with Crippen LogP contribution in [0.2, 0.25) is 0 Å². The van der Waals surface area contributed by atoms with Gasteiger partial charge in [-0.25, -0.2) is 14.0 Å². The van der Waals surface area contributed by atoms with E-state index in [0.717, 1.165) is 19.3 Å². The van der Waals surface area contributed by atoms with Crippen molar-refractivity contribution in [2.24, 2.45) is 5.92 Å². The molecule has 9 nitrogen and oxygen atoms in total. The van der Waals surface area contributed by atoms with Crippen LogP contribution in [-0.2, 0) is 9.47 Å². The molecule has 2 heterocycles. The zero-order valence-electron chi connectivity index (χ0n) is 21.6. The number of nitrogens with one attached hydrogen (secondary N) is 1. The number of ether oxygens (including phenoxy) is 3. The van der Waals surface area contributed by atoms with E-state index in [-0.39, 0.29) is 35.0 Å². The lowest BCUT2D eigenvalue weighted by Gasteiger charge is -2.27. The molecule has 196 valence electrons. The maximum atomic E-state index is 15.6. The van der Waals surface area contributed by atoms with Crippen molar-refractivity contribution in [1.29, 1.82) is 0 Å². The van der Waals surface area contributed by atoms with E-state index in [9.17, 15) is 14.4 Å². The van der Waals surface area contributed by atoms with Crippen LogP contribution in [-0.4, -0.2) is 55.6 Å². The van der Waals surface area contributed by atoms with Gasteiger partial charge in [0, 0.05) is 30.6 Å². The first-order valence-corrected chi connectivity index (χ1v) is 12.2. The average Bonchev–Trinajstić information content (AvgIpc) is 3.51. The molecule has 4 rings (SSSR count). The summed E-state index contributed by atoms with van der Waals surface area (Å²) in [5.41, 5.74) is -0.455. The quantitative estimate of drug-likeness (QED) is 0.595. The maximum Gasteiger partial charge on any atom is 0.407 e. The van der Waals surface area contributed by atoms with Gasteiger partial charge >= 0.3 is 12.1 Å². The van der Waals surface area contributed by atoms with Crippen LogP contribution < -0.4 is 20.5 Å². The van der Waals surface area contributed by atoms with E-state index < -0.39 is 29.0 Å². The van der Waals surface area contributed by atoms with Crippen molar-refractivity contribution in [3.63, 3.8) is 0 Å². The Kier molecular flexibility index (Phi) is 6.90. The van der Waals surface area contributed by atoms with Gasteiger partial charge in [0.05, 0.1) is 19.7 Å². The fraction of sp³-hybridized carbons (Fsp3) is 0.577. The predicted octanol–water partition coefficient (Wildman–Crippen LogP) is 4.01. The Bertz CT molecular complexity index is 1250. The number of methoxy groups -OCH3 is 2. The van der Waals surface area contributed by atoms with Crippen LogP contribution in [0, 0.1) is 11.7 Å². The molecule has 1 N–H and O–H groups in total. The second-order valence-corrected chi connectivity index (χ2v) is 10.6. The molecule has 2 aromatic rings. The van der Waals surface area contributed by atoms with E-state index in [1.807, 2.05) is 11.8 Å². The number of halogens is 1. The van der Waals surface area contributed by atoms with Gasteiger partial charge in [-0.1, -0.05) is 0 Å². The zero-order chi connectivity index (χ0) is 26.4. The molecule has 2 fully saturated rings. The van der Waals surface area contributed by atoms with E-state index in [0.29, 0.717) is 24.0 Å². The highest BCUT2D eigenvalue weighted by atomic mass is 19.1. The van der Waals surface area contributed by atoms with Crippen molar-refractivity contribution < 1.29 is 28.2 Å². The monoisotopic (exact) mass is 503 g/mol. The number of amides is 1. The molecule has 0 radical (unpaired) electrons. The van der Waals surface area contributed by atoms with Gasteiger partial charge in [0.15, 0.2) is 11.6 Å². The van der Waals surface area contributed by atoms with E-state index in [1.165, 1.54) is 26.4 Å². The lowest BCUT2D eigenvalue weighted by atomic mass is 10.0. The summed E-state index contributed by atoms with van der Waals surface area (Å²) in [4.78, 5) is 39.6. The number of rotatable bonds is 6. The lowest BCUT2D eigenvalue weighted by Crippen LogP contribution is -2.42. The number of fused-ring (bicyclic) bond motifs is 1. The first-order chi connectivity index (χ1) is 16.9. The largest absolute Gasteiger partial charge is 0.492 e. The van der Waals surface area contributed by atoms with Crippen molar-refractivity contribution in [3.8, 4) is 5.75 Å². The predicted molar refractivity (Wildman–Crippen MR) is 133 cm³/mol. The number of carbonyl (C=O) groups is 2. The van der Waals surface area contributed by atoms with Gasteiger partial charge in [-0.15, -0.1) is 0 Å². The summed E-state index contributed by atoms with van der Waals surface area (Å²) in [6.45, 7) is 8.36. The summed E-state index contributed by atoms with van der Waals surface area (Å²) in [7, 11) is 2.66. The summed E-state index contributed by atoms with van der Waals surface area (Å²) in [5.74, 6) is -0.943. The van der Waals surface area contributed by atoms with Gasteiger partial charge in [-0.2, -0.15) is 0 Å². The van der Waals surface area contributed by atoms with Crippen LogP contribution in [0.1, 0.15) is 63.4 Å². The molecule has 1 aliphatic carbocycles. The topological polar surface area (TPSA) is 99.1 Å². The Labute approximate surface area is 209 Å². The molecule has 1 aromatic carbocycles. The maximum absolute atomic E-state index is 15.6. The van der Waals surface area contributed by atoms with Gasteiger partial charge < -0.3 is 29.0 Å². The summed E-state index contributed by atoms with van der Waals surface area (Å²) >= 11 is 0. The third-order valence-electron chi connectivity index (χ3n) is 6.72. The minimum Gasteiger partial charge on any atom is -0.492 e. The van der Waals surface area contributed by atoms with Crippen LogP contribution in [0.5, 0.6) is 5.75 Å². The number of benzene rings is 1.